The zero-order valence-corrected chi connectivity index (χ0v) is 14.8. The van der Waals surface area contributed by atoms with Crippen LogP contribution in [0, 0.1) is 5.82 Å². The Hall–Kier alpha value is -2.70. The Bertz CT molecular complexity index is 1030. The predicted molar refractivity (Wildman–Crippen MR) is 95.5 cm³/mol. The van der Waals surface area contributed by atoms with Crippen LogP contribution in [0.2, 0.25) is 5.02 Å². The summed E-state index contributed by atoms with van der Waals surface area (Å²) in [5, 5.41) is 0.524. The van der Waals surface area contributed by atoms with E-state index in [0.29, 0.717) is 16.1 Å². The highest BCUT2D eigenvalue weighted by Crippen LogP contribution is 2.21. The van der Waals surface area contributed by atoms with Gasteiger partial charge in [-0.25, -0.2) is 4.39 Å². The summed E-state index contributed by atoms with van der Waals surface area (Å²) in [5.74, 6) is -0.731. The molecule has 0 N–H and O–H groups in total. The molecule has 7 heteroatoms. The second kappa shape index (κ2) is 7.27. The number of ketones is 1. The lowest BCUT2D eigenvalue weighted by molar-refractivity contribution is 0.103. The monoisotopic (exact) mass is 390 g/mol. The van der Waals surface area contributed by atoms with E-state index in [2.05, 4.69) is 0 Å². The summed E-state index contributed by atoms with van der Waals surface area (Å²) in [6, 6.07) is 16.4. The van der Waals surface area contributed by atoms with Gasteiger partial charge in [-0.15, -0.1) is 0 Å². The Morgan fingerprint density at radius 3 is 1.85 bits per heavy atom. The lowest BCUT2D eigenvalue weighted by atomic mass is 10.0. The van der Waals surface area contributed by atoms with Gasteiger partial charge in [0.2, 0.25) is 0 Å². The van der Waals surface area contributed by atoms with E-state index in [-0.39, 0.29) is 16.4 Å². The molecule has 0 fully saturated rings. The highest BCUT2D eigenvalue weighted by Gasteiger charge is 2.17. The van der Waals surface area contributed by atoms with Crippen LogP contribution in [0.4, 0.5) is 4.39 Å². The van der Waals surface area contributed by atoms with Crippen LogP contribution in [0.1, 0.15) is 15.9 Å². The number of rotatable bonds is 5. The van der Waals surface area contributed by atoms with Crippen LogP contribution in [0.5, 0.6) is 5.75 Å². The fourth-order valence-corrected chi connectivity index (χ4v) is 3.26. The first-order chi connectivity index (χ1) is 12.3. The quantitative estimate of drug-likeness (QED) is 0.476. The van der Waals surface area contributed by atoms with Crippen LogP contribution < -0.4 is 4.18 Å². The molecular formula is C19H12ClFO4S. The largest absolute Gasteiger partial charge is 0.379 e. The van der Waals surface area contributed by atoms with Crippen molar-refractivity contribution in [2.75, 3.05) is 0 Å². The van der Waals surface area contributed by atoms with Gasteiger partial charge in [-0.2, -0.15) is 8.42 Å². The van der Waals surface area contributed by atoms with Crippen molar-refractivity contribution in [3.8, 4) is 5.75 Å². The summed E-state index contributed by atoms with van der Waals surface area (Å²) in [7, 11) is -4.09. The van der Waals surface area contributed by atoms with Crippen molar-refractivity contribution in [3.63, 3.8) is 0 Å². The number of benzene rings is 3. The third-order valence-electron chi connectivity index (χ3n) is 3.53. The molecule has 0 unspecified atom stereocenters. The average molecular weight is 391 g/mol. The first-order valence-corrected chi connectivity index (χ1v) is 9.24. The summed E-state index contributed by atoms with van der Waals surface area (Å²) in [5.41, 5.74) is 0.834. The summed E-state index contributed by atoms with van der Waals surface area (Å²) in [6.07, 6.45) is 0. The number of hydrogen-bond acceptors (Lipinski definition) is 4. The number of carbonyl (C=O) groups is 1. The van der Waals surface area contributed by atoms with Gasteiger partial charge in [0.15, 0.2) is 5.78 Å². The zero-order chi connectivity index (χ0) is 18.7. The smallest absolute Gasteiger partial charge is 0.339 e. The lowest BCUT2D eigenvalue weighted by Gasteiger charge is -2.08. The van der Waals surface area contributed by atoms with Crippen LogP contribution >= 0.6 is 11.6 Å². The molecule has 3 aromatic carbocycles. The van der Waals surface area contributed by atoms with Crippen molar-refractivity contribution in [1.29, 1.82) is 0 Å². The summed E-state index contributed by atoms with van der Waals surface area (Å²) in [6.45, 7) is 0. The average Bonchev–Trinajstić information content (AvgIpc) is 2.62. The Kier molecular flexibility index (Phi) is 5.06. The topological polar surface area (TPSA) is 60.4 Å². The Morgan fingerprint density at radius 1 is 0.808 bits per heavy atom. The second-order valence-corrected chi connectivity index (χ2v) is 7.33. The van der Waals surface area contributed by atoms with Crippen molar-refractivity contribution >= 4 is 27.5 Å². The molecule has 0 amide bonds. The molecule has 0 aliphatic carbocycles. The van der Waals surface area contributed by atoms with E-state index in [9.17, 15) is 17.6 Å². The first kappa shape index (κ1) is 18.1. The molecule has 0 atom stereocenters. The van der Waals surface area contributed by atoms with Gasteiger partial charge in [-0.05, 0) is 72.8 Å². The second-order valence-electron chi connectivity index (χ2n) is 5.35. The van der Waals surface area contributed by atoms with E-state index in [1.165, 1.54) is 24.3 Å². The van der Waals surface area contributed by atoms with Crippen molar-refractivity contribution < 1.29 is 21.8 Å². The summed E-state index contributed by atoms with van der Waals surface area (Å²) >= 11 is 5.80. The third-order valence-corrected chi connectivity index (χ3v) is 5.04. The SMILES string of the molecule is O=C(c1ccc(Cl)cc1)c1ccc(OS(=O)(=O)c2ccc(F)cc2)cc1. The van der Waals surface area contributed by atoms with Gasteiger partial charge in [0, 0.05) is 16.1 Å². The maximum absolute atomic E-state index is 12.9. The lowest BCUT2D eigenvalue weighted by Crippen LogP contribution is -2.10. The molecule has 3 rings (SSSR count). The standard InChI is InChI=1S/C19H12ClFO4S/c20-15-5-1-13(2-6-15)19(22)14-3-9-17(10-4-14)25-26(23,24)18-11-7-16(21)8-12-18/h1-12H. The van der Waals surface area contributed by atoms with Crippen LogP contribution in [0.3, 0.4) is 0 Å². The molecule has 0 bridgehead atoms. The normalized spacial score (nSPS) is 11.2. The van der Waals surface area contributed by atoms with Gasteiger partial charge >= 0.3 is 10.1 Å². The highest BCUT2D eigenvalue weighted by molar-refractivity contribution is 7.87. The maximum atomic E-state index is 12.9. The van der Waals surface area contributed by atoms with Gasteiger partial charge in [0.05, 0.1) is 0 Å². The van der Waals surface area contributed by atoms with Crippen molar-refractivity contribution in [3.05, 3.63) is 94.8 Å². The van der Waals surface area contributed by atoms with E-state index in [1.807, 2.05) is 0 Å². The molecule has 0 heterocycles. The van der Waals surface area contributed by atoms with E-state index in [4.69, 9.17) is 15.8 Å². The minimum absolute atomic E-state index is 0.0435. The number of carbonyl (C=O) groups excluding carboxylic acids is 1. The first-order valence-electron chi connectivity index (χ1n) is 7.45. The molecule has 132 valence electrons. The number of hydrogen-bond donors (Lipinski definition) is 0. The zero-order valence-electron chi connectivity index (χ0n) is 13.2. The molecule has 0 aromatic heterocycles. The van der Waals surface area contributed by atoms with Gasteiger partial charge in [-0.1, -0.05) is 11.6 Å². The van der Waals surface area contributed by atoms with Crippen LogP contribution in [0.25, 0.3) is 0 Å². The molecule has 0 saturated heterocycles. The Labute approximate surface area is 154 Å². The van der Waals surface area contributed by atoms with Gasteiger partial charge in [0.25, 0.3) is 0 Å². The minimum Gasteiger partial charge on any atom is -0.379 e. The van der Waals surface area contributed by atoms with Crippen molar-refractivity contribution in [2.45, 2.75) is 4.90 Å². The Balaban J connectivity index is 1.78. The van der Waals surface area contributed by atoms with E-state index in [1.54, 1.807) is 24.3 Å². The predicted octanol–water partition coefficient (Wildman–Crippen LogP) is 4.48. The molecule has 0 saturated carbocycles. The van der Waals surface area contributed by atoms with Gasteiger partial charge in [-0.3, -0.25) is 4.79 Å². The molecular weight excluding hydrogens is 379 g/mol. The highest BCUT2D eigenvalue weighted by atomic mass is 35.5. The fraction of sp³-hybridized carbons (Fsp3) is 0. The third kappa shape index (κ3) is 4.09. The fourth-order valence-electron chi connectivity index (χ4n) is 2.21. The molecule has 4 nitrogen and oxygen atoms in total. The van der Waals surface area contributed by atoms with Crippen LogP contribution in [-0.2, 0) is 10.1 Å². The van der Waals surface area contributed by atoms with Crippen LogP contribution in [-0.4, -0.2) is 14.2 Å². The van der Waals surface area contributed by atoms with E-state index < -0.39 is 15.9 Å². The molecule has 0 aliphatic rings. The van der Waals surface area contributed by atoms with E-state index >= 15 is 0 Å². The summed E-state index contributed by atoms with van der Waals surface area (Å²) < 4.78 is 42.2. The van der Waals surface area contributed by atoms with Crippen LogP contribution in [0.15, 0.2) is 77.7 Å². The minimum atomic E-state index is -4.09. The van der Waals surface area contributed by atoms with Crippen molar-refractivity contribution in [1.82, 2.24) is 0 Å². The molecule has 3 aromatic rings. The van der Waals surface area contributed by atoms with E-state index in [0.717, 1.165) is 24.3 Å². The molecule has 26 heavy (non-hydrogen) atoms. The maximum Gasteiger partial charge on any atom is 0.339 e. The molecule has 0 radical (unpaired) electrons. The Morgan fingerprint density at radius 2 is 1.31 bits per heavy atom. The van der Waals surface area contributed by atoms with Gasteiger partial charge in [0.1, 0.15) is 16.5 Å². The van der Waals surface area contributed by atoms with Crippen molar-refractivity contribution in [2.24, 2.45) is 0 Å². The van der Waals surface area contributed by atoms with Gasteiger partial charge < -0.3 is 4.18 Å². The molecule has 0 spiro atoms. The molecule has 0 aliphatic heterocycles. The number of halogens is 2. The summed E-state index contributed by atoms with van der Waals surface area (Å²) in [4.78, 5) is 12.2.